The topological polar surface area (TPSA) is 591 Å². The molecule has 2 saturated heterocycles. The first-order chi connectivity index (χ1) is 59.5. The number of primary amides is 1. The van der Waals surface area contributed by atoms with Gasteiger partial charge in [0.05, 0.1) is 54.5 Å². The molecule has 11 bridgehead atoms. The van der Waals surface area contributed by atoms with Crippen LogP contribution < -0.4 is 79.0 Å². The highest BCUT2D eigenvalue weighted by atomic mass is 35.5. The van der Waals surface area contributed by atoms with Crippen molar-refractivity contribution in [2.45, 2.75) is 201 Å². The number of benzene rings is 5. The van der Waals surface area contributed by atoms with Gasteiger partial charge >= 0.3 is 5.69 Å². The lowest BCUT2D eigenvalue weighted by Gasteiger charge is -2.48. The van der Waals surface area contributed by atoms with Gasteiger partial charge in [-0.1, -0.05) is 74.5 Å². The van der Waals surface area contributed by atoms with Crippen LogP contribution in [0.2, 0.25) is 10.0 Å². The van der Waals surface area contributed by atoms with Crippen molar-refractivity contribution in [3.05, 3.63) is 139 Å². The summed E-state index contributed by atoms with van der Waals surface area (Å²) in [5, 5.41) is 130. The number of fused-ring (bicyclic) bond motifs is 15. The monoisotopic (exact) mass is 1780 g/mol. The first-order valence-corrected chi connectivity index (χ1v) is 41.3. The lowest BCUT2D eigenvalue weighted by atomic mass is 9.85. The standard InChI is InChI=1S/C83H101Cl2N13O27/c1-36(2)24-48(87-5)74(110)95-65-67(105)40-13-16-52(46(84)27-40)121-54-29-42-30-55(71(54)125-81-72(70(108)69(107)56(35-99)123-81)124-60-34-83(4,73(109)37(3)120-60)88-19-21-98-20-18-58(91-82(98)117)90-59(104)25-38-10-8-7-9-11-38)122-53-17-14-41(28-47(53)85)68(106)66-79(115)94-64(80(116)97-119-23-22-118-6)45-31-43(100)32-51(102)61(45)44-26-39(12-15-50(44)101)62(76(112)96-66)93-77(113)63(42)92-75(111)49(33-57(86)103)89-78(65)114/h12-18,20,26-32,36-38,48-49,56,60,62-70,72-73,81,87-88,99-102,105-109H,7-11,19,21-25,33-35H2,1-6H3,(H2,86,103)(H,89,114)(H,92,111)(H,93,113)(H,94,115)(H,95,110)(H,96,112)(H,97,116)(H,90,91,104,117)/t37?,48?,49?,56?,60?,62?,63?,64-,65?,66?,67?,68?,69?,70?,72?,73?,81?,83-/m1/s1. The van der Waals surface area contributed by atoms with Gasteiger partial charge in [-0.05, 0) is 140 Å². The number of phenolic OH excluding ortho intramolecular Hbond substituents is 3. The van der Waals surface area contributed by atoms with Crippen molar-refractivity contribution in [3.8, 4) is 57.1 Å². The maximum Gasteiger partial charge on any atom is 0.349 e. The molecule has 0 radical (unpaired) electrons. The third-order valence-electron chi connectivity index (χ3n) is 22.5. The average molecular weight is 1780 g/mol. The normalized spacial score (nSPS) is 26.9. The van der Waals surface area contributed by atoms with Gasteiger partial charge in [0.2, 0.25) is 59.3 Å². The second kappa shape index (κ2) is 40.6. The van der Waals surface area contributed by atoms with E-state index in [1.807, 2.05) is 13.8 Å². The van der Waals surface area contributed by atoms with E-state index in [0.717, 1.165) is 98.8 Å². The van der Waals surface area contributed by atoms with E-state index in [-0.39, 0.29) is 90.2 Å². The average Bonchev–Trinajstić information content (AvgIpc) is 0.759. The van der Waals surface area contributed by atoms with Gasteiger partial charge < -0.3 is 133 Å². The molecular weight excluding hydrogens is 1680 g/mol. The maximum atomic E-state index is 16.3. The van der Waals surface area contributed by atoms with Gasteiger partial charge in [0.15, 0.2) is 23.9 Å². The Morgan fingerprint density at radius 3 is 2.02 bits per heavy atom. The first kappa shape index (κ1) is 93.2. The molecule has 7 aliphatic heterocycles. The summed E-state index contributed by atoms with van der Waals surface area (Å²) in [6.45, 7) is 5.41. The molecular formula is C83H101Cl2N13O27. The molecule has 8 aliphatic rings. The van der Waals surface area contributed by atoms with Crippen molar-refractivity contribution in [3.63, 3.8) is 0 Å². The molecule has 16 unspecified atom stereocenters. The minimum absolute atomic E-state index is 0.00378. The third-order valence-corrected chi connectivity index (χ3v) is 23.1. The van der Waals surface area contributed by atoms with Crippen LogP contribution in [0, 0.1) is 11.8 Å². The number of ether oxygens (including phenoxy) is 7. The Morgan fingerprint density at radius 1 is 0.720 bits per heavy atom. The van der Waals surface area contributed by atoms with Crippen LogP contribution in [-0.2, 0) is 73.5 Å². The molecule has 1 aliphatic carbocycles. The number of nitrogens with zero attached hydrogens (tertiary/aromatic N) is 2. The summed E-state index contributed by atoms with van der Waals surface area (Å²) in [5.74, 6) is -15.4. The predicted molar refractivity (Wildman–Crippen MR) is 440 cm³/mol. The van der Waals surface area contributed by atoms with Crippen molar-refractivity contribution in [2.24, 2.45) is 17.6 Å². The fourth-order valence-corrected chi connectivity index (χ4v) is 16.4. The number of methoxy groups -OCH3 is 1. The van der Waals surface area contributed by atoms with Gasteiger partial charge in [-0.2, -0.15) is 4.98 Å². The number of aliphatic hydroxyl groups is 6. The SMILES string of the molecule is CNC(CC(C)C)C(=O)NC1C(=O)NC(CC(N)=O)C(=O)NC2C(=O)NC3C(=O)NC(C(=O)N[C@@H](C(=O)NOCCOC)c4cc(O)cc(O)c4-c4cc3ccc4O)C(O)c3ccc(c(Cl)c3)Oc3cc2cc(c3OC2OC(CO)C(O)C(O)C2OC2C[C@@](C)(NCCn3ccc(NC(=O)CC4CCCCC4)nc3=O)C(O)C(C)O2)Oc2ccc(cc2Cl)C1O. The fourth-order valence-electron chi connectivity index (χ4n) is 15.9. The molecule has 18 atom stereocenters. The lowest BCUT2D eigenvalue weighted by molar-refractivity contribution is -0.334. The number of aromatic nitrogens is 2. The number of aliphatic hydroxyl groups excluding tert-OH is 6. The molecule has 5 aromatic carbocycles. The lowest BCUT2D eigenvalue weighted by Crippen LogP contribution is -2.65. The first-order valence-electron chi connectivity index (χ1n) is 40.5. The Morgan fingerprint density at radius 2 is 1.38 bits per heavy atom. The summed E-state index contributed by atoms with van der Waals surface area (Å²) < 4.78 is 45.8. The number of carbonyl (C=O) groups excluding carboxylic acids is 9. The highest BCUT2D eigenvalue weighted by Gasteiger charge is 2.52. The van der Waals surface area contributed by atoms with E-state index in [1.54, 1.807) is 6.92 Å². The largest absolute Gasteiger partial charge is 0.508 e. The van der Waals surface area contributed by atoms with E-state index in [9.17, 15) is 69.9 Å². The zero-order chi connectivity index (χ0) is 90.2. The van der Waals surface area contributed by atoms with E-state index in [2.05, 4.69) is 58.3 Å². The summed E-state index contributed by atoms with van der Waals surface area (Å²) in [7, 11) is 2.81. The minimum atomic E-state index is -2.39. The Hall–Kier alpha value is -10.9. The molecule has 21 N–H and O–H groups in total. The van der Waals surface area contributed by atoms with Crippen LogP contribution in [0.1, 0.15) is 144 Å². The summed E-state index contributed by atoms with van der Waals surface area (Å²) in [4.78, 5) is 156. The number of hydroxylamine groups is 1. The summed E-state index contributed by atoms with van der Waals surface area (Å²) in [6.07, 6.45) is -12.5. The van der Waals surface area contributed by atoms with Gasteiger partial charge in [-0.25, -0.2) is 10.3 Å². The smallest absolute Gasteiger partial charge is 0.349 e. The molecule has 3 fully saturated rings. The number of anilines is 1. The Labute approximate surface area is 724 Å². The van der Waals surface area contributed by atoms with E-state index in [1.165, 1.54) is 50.0 Å². The van der Waals surface area contributed by atoms with Crippen molar-refractivity contribution < 1.29 is 127 Å². The van der Waals surface area contributed by atoms with E-state index in [4.69, 9.17) is 66.9 Å². The molecule has 6 aromatic rings. The summed E-state index contributed by atoms with van der Waals surface area (Å²) >= 11 is 14.4. The van der Waals surface area contributed by atoms with Crippen LogP contribution in [0.15, 0.2) is 95.9 Å². The highest BCUT2D eigenvalue weighted by molar-refractivity contribution is 6.32. The summed E-state index contributed by atoms with van der Waals surface area (Å²) in [6, 6.07) is 1.09. The molecule has 674 valence electrons. The molecule has 8 heterocycles. The van der Waals surface area contributed by atoms with Crippen LogP contribution in [0.3, 0.4) is 0 Å². The van der Waals surface area contributed by atoms with Crippen molar-refractivity contribution in [1.82, 2.24) is 57.6 Å². The van der Waals surface area contributed by atoms with E-state index < -0.39 is 243 Å². The third kappa shape index (κ3) is 21.8. The number of halogens is 2. The van der Waals surface area contributed by atoms with Gasteiger partial charge in [-0.3, -0.25) is 52.6 Å². The molecule has 40 nitrogen and oxygen atoms in total. The number of hydrogen-bond donors (Lipinski definition) is 20. The van der Waals surface area contributed by atoms with E-state index >= 15 is 24.0 Å². The fraction of sp³-hybridized carbons (Fsp3) is 0.482. The number of phenols is 3. The number of nitrogens with one attached hydrogen (secondary N) is 10. The van der Waals surface area contributed by atoms with Crippen molar-refractivity contribution in [1.29, 1.82) is 0 Å². The van der Waals surface area contributed by atoms with Gasteiger partial charge in [-0.15, -0.1) is 0 Å². The number of rotatable bonds is 24. The predicted octanol–water partition coefficient (Wildman–Crippen LogP) is 1.51. The van der Waals surface area contributed by atoms with Crippen LogP contribution >= 0.6 is 23.2 Å². The van der Waals surface area contributed by atoms with Crippen molar-refractivity contribution in [2.75, 3.05) is 45.8 Å². The Balaban J connectivity index is 1.00. The molecule has 9 amide bonds. The minimum Gasteiger partial charge on any atom is -0.508 e. The maximum absolute atomic E-state index is 16.3. The zero-order valence-electron chi connectivity index (χ0n) is 68.6. The molecule has 1 saturated carbocycles. The van der Waals surface area contributed by atoms with Gasteiger partial charge in [0.25, 0.3) is 5.91 Å². The Bertz CT molecular complexity index is 5080. The van der Waals surface area contributed by atoms with Gasteiger partial charge in [0, 0.05) is 62.0 Å². The molecule has 0 spiro atoms. The number of hydrogen-bond acceptors (Lipinski definition) is 30. The Kier molecular flexibility index (Phi) is 30.3. The second-order valence-corrected chi connectivity index (χ2v) is 32.9. The van der Waals surface area contributed by atoms with Crippen LogP contribution in [0.5, 0.6) is 46.0 Å². The molecule has 42 heteroatoms. The number of likely N-dealkylation sites (N-methyl/N-ethyl adjacent to an activating group) is 1. The molecule has 125 heavy (non-hydrogen) atoms. The zero-order valence-corrected chi connectivity index (χ0v) is 70.1. The van der Waals surface area contributed by atoms with Gasteiger partial charge in [0.1, 0.15) is 101 Å². The summed E-state index contributed by atoms with van der Waals surface area (Å²) in [5.41, 5.74) is 3.22. The highest BCUT2D eigenvalue weighted by Crippen LogP contribution is 2.50. The van der Waals surface area contributed by atoms with Crippen LogP contribution in [0.25, 0.3) is 11.1 Å². The van der Waals surface area contributed by atoms with E-state index in [0.29, 0.717) is 6.42 Å². The molecule has 14 rings (SSSR count). The number of amides is 9. The van der Waals surface area contributed by atoms with Crippen LogP contribution in [0.4, 0.5) is 5.82 Å². The molecule has 1 aromatic heterocycles. The quantitative estimate of drug-likeness (QED) is 0.0302. The second-order valence-electron chi connectivity index (χ2n) is 32.1. The van der Waals surface area contributed by atoms with Crippen LogP contribution in [-0.4, -0.2) is 228 Å². The van der Waals surface area contributed by atoms with Crippen molar-refractivity contribution >= 4 is 82.2 Å². The number of aromatic hydroxyl groups is 3. The number of nitrogens with two attached hydrogens (primary N) is 1. The number of carbonyl (C=O) groups is 9.